The first-order valence-corrected chi connectivity index (χ1v) is 9.41. The molecule has 0 aliphatic carbocycles. The van der Waals surface area contributed by atoms with Gasteiger partial charge in [-0.3, -0.25) is 0 Å². The molecule has 25 heavy (non-hydrogen) atoms. The normalized spacial score (nSPS) is 16.1. The summed E-state index contributed by atoms with van der Waals surface area (Å²) in [5.41, 5.74) is 0. The third kappa shape index (κ3) is 4.49. The van der Waals surface area contributed by atoms with E-state index in [4.69, 9.17) is 0 Å². The Bertz CT molecular complexity index is 653. The Hall–Kier alpha value is -2.12. The van der Waals surface area contributed by atoms with Gasteiger partial charge < -0.3 is 20.0 Å². The average molecular weight is 359 g/mol. The van der Waals surface area contributed by atoms with Crippen LogP contribution in [-0.4, -0.2) is 67.6 Å². The maximum absolute atomic E-state index is 12.5. The summed E-state index contributed by atoms with van der Waals surface area (Å²) in [5.74, 6) is 0.980. The third-order valence-electron chi connectivity index (χ3n) is 4.48. The van der Waals surface area contributed by atoms with Crippen LogP contribution < -0.4 is 10.2 Å². The van der Waals surface area contributed by atoms with Crippen LogP contribution in [0.15, 0.2) is 41.9 Å². The second-order valence-corrected chi connectivity index (χ2v) is 7.32. The van der Waals surface area contributed by atoms with Crippen molar-refractivity contribution in [3.63, 3.8) is 0 Å². The molecule has 134 valence electrons. The smallest absolute Gasteiger partial charge is 0.317 e. The van der Waals surface area contributed by atoms with Crippen LogP contribution >= 0.6 is 11.3 Å². The van der Waals surface area contributed by atoms with Crippen molar-refractivity contribution in [1.29, 1.82) is 0 Å². The zero-order valence-electron chi connectivity index (χ0n) is 14.8. The Labute approximate surface area is 153 Å². The SMILES string of the molecule is CN(C)C(CNC(=O)N1CCN(c2ccccn2)CC1)c1cccs1. The van der Waals surface area contributed by atoms with Gasteiger partial charge in [0.2, 0.25) is 0 Å². The predicted molar refractivity (Wildman–Crippen MR) is 102 cm³/mol. The van der Waals surface area contributed by atoms with Gasteiger partial charge in [0.15, 0.2) is 0 Å². The van der Waals surface area contributed by atoms with Crippen molar-refractivity contribution in [3.8, 4) is 0 Å². The van der Waals surface area contributed by atoms with Gasteiger partial charge in [-0.15, -0.1) is 11.3 Å². The molecular weight excluding hydrogens is 334 g/mol. The van der Waals surface area contributed by atoms with Gasteiger partial charge in [0.1, 0.15) is 5.82 Å². The number of rotatable bonds is 5. The largest absolute Gasteiger partial charge is 0.353 e. The Morgan fingerprint density at radius 1 is 1.24 bits per heavy atom. The van der Waals surface area contributed by atoms with Crippen LogP contribution in [-0.2, 0) is 0 Å². The van der Waals surface area contributed by atoms with Gasteiger partial charge in [-0.05, 0) is 37.7 Å². The van der Waals surface area contributed by atoms with E-state index in [2.05, 4.69) is 37.6 Å². The molecule has 1 aliphatic rings. The van der Waals surface area contributed by atoms with Crippen LogP contribution in [0.25, 0.3) is 0 Å². The minimum atomic E-state index is 0.0177. The van der Waals surface area contributed by atoms with Gasteiger partial charge in [0, 0.05) is 43.8 Å². The molecule has 0 spiro atoms. The lowest BCUT2D eigenvalue weighted by Gasteiger charge is -2.35. The quantitative estimate of drug-likeness (QED) is 0.890. The van der Waals surface area contributed by atoms with Crippen LogP contribution in [0.1, 0.15) is 10.9 Å². The number of nitrogens with one attached hydrogen (secondary N) is 1. The van der Waals surface area contributed by atoms with Gasteiger partial charge in [-0.1, -0.05) is 12.1 Å². The van der Waals surface area contributed by atoms with Crippen molar-refractivity contribution in [2.24, 2.45) is 0 Å². The molecule has 2 amide bonds. The second-order valence-electron chi connectivity index (χ2n) is 6.34. The summed E-state index contributed by atoms with van der Waals surface area (Å²) in [7, 11) is 4.09. The molecule has 2 aromatic heterocycles. The number of amides is 2. The molecule has 2 aromatic rings. The van der Waals surface area contributed by atoms with Crippen LogP contribution in [0.2, 0.25) is 0 Å². The number of hydrogen-bond donors (Lipinski definition) is 1. The van der Waals surface area contributed by atoms with Crippen molar-refractivity contribution in [2.75, 3.05) is 51.7 Å². The standard InChI is InChI=1S/C18H25N5OS/c1-21(2)15(16-6-5-13-25-16)14-20-18(24)23-11-9-22(10-12-23)17-7-3-4-8-19-17/h3-8,13,15H,9-12,14H2,1-2H3,(H,20,24). The maximum Gasteiger partial charge on any atom is 0.317 e. The molecule has 1 N–H and O–H groups in total. The molecule has 1 saturated heterocycles. The molecule has 6 nitrogen and oxygen atoms in total. The molecule has 0 radical (unpaired) electrons. The Morgan fingerprint density at radius 2 is 2.04 bits per heavy atom. The van der Waals surface area contributed by atoms with E-state index in [1.807, 2.05) is 37.2 Å². The van der Waals surface area contributed by atoms with Crippen LogP contribution in [0.3, 0.4) is 0 Å². The summed E-state index contributed by atoms with van der Waals surface area (Å²) >= 11 is 1.72. The molecule has 0 aromatic carbocycles. The fraction of sp³-hybridized carbons (Fsp3) is 0.444. The van der Waals surface area contributed by atoms with E-state index in [-0.39, 0.29) is 12.1 Å². The van der Waals surface area contributed by atoms with Crippen LogP contribution in [0.5, 0.6) is 0 Å². The number of hydrogen-bond acceptors (Lipinski definition) is 5. The molecule has 0 bridgehead atoms. The highest BCUT2D eigenvalue weighted by Gasteiger charge is 2.23. The first kappa shape index (κ1) is 17.7. The number of nitrogens with zero attached hydrogens (tertiary/aromatic N) is 4. The number of aromatic nitrogens is 1. The number of anilines is 1. The number of thiophene rings is 1. The van der Waals surface area contributed by atoms with E-state index < -0.39 is 0 Å². The minimum Gasteiger partial charge on any atom is -0.353 e. The molecule has 1 fully saturated rings. The fourth-order valence-corrected chi connectivity index (χ4v) is 3.92. The van der Waals surface area contributed by atoms with E-state index in [1.165, 1.54) is 4.88 Å². The van der Waals surface area contributed by atoms with E-state index in [0.717, 1.165) is 18.9 Å². The number of pyridine rings is 1. The first-order valence-electron chi connectivity index (χ1n) is 8.54. The lowest BCUT2D eigenvalue weighted by molar-refractivity contribution is 0.189. The van der Waals surface area contributed by atoms with Crippen molar-refractivity contribution in [2.45, 2.75) is 6.04 Å². The predicted octanol–water partition coefficient (Wildman–Crippen LogP) is 2.28. The Balaban J connectivity index is 1.49. The van der Waals surface area contributed by atoms with E-state index in [1.54, 1.807) is 17.5 Å². The van der Waals surface area contributed by atoms with Crippen molar-refractivity contribution >= 4 is 23.2 Å². The Morgan fingerprint density at radius 3 is 2.64 bits per heavy atom. The average Bonchev–Trinajstić information content (AvgIpc) is 3.16. The van der Waals surface area contributed by atoms with E-state index >= 15 is 0 Å². The molecule has 0 saturated carbocycles. The van der Waals surface area contributed by atoms with Gasteiger partial charge in [-0.2, -0.15) is 0 Å². The molecule has 7 heteroatoms. The number of carbonyl (C=O) groups excluding carboxylic acids is 1. The van der Waals surface area contributed by atoms with Crippen molar-refractivity contribution in [1.82, 2.24) is 20.1 Å². The topological polar surface area (TPSA) is 51.7 Å². The van der Waals surface area contributed by atoms with Crippen molar-refractivity contribution < 1.29 is 4.79 Å². The maximum atomic E-state index is 12.5. The number of urea groups is 1. The lowest BCUT2D eigenvalue weighted by atomic mass is 10.2. The van der Waals surface area contributed by atoms with Crippen molar-refractivity contribution in [3.05, 3.63) is 46.8 Å². The molecule has 1 unspecified atom stereocenters. The summed E-state index contributed by atoms with van der Waals surface area (Å²) in [6.45, 7) is 3.67. The molecular formula is C18H25N5OS. The highest BCUT2D eigenvalue weighted by atomic mass is 32.1. The van der Waals surface area contributed by atoms with Gasteiger partial charge in [-0.25, -0.2) is 9.78 Å². The van der Waals surface area contributed by atoms with Crippen LogP contribution in [0, 0.1) is 0 Å². The van der Waals surface area contributed by atoms with Gasteiger partial charge in [0.25, 0.3) is 0 Å². The number of likely N-dealkylation sites (N-methyl/N-ethyl adjacent to an activating group) is 1. The van der Waals surface area contributed by atoms with E-state index in [0.29, 0.717) is 19.6 Å². The summed E-state index contributed by atoms with van der Waals surface area (Å²) in [4.78, 5) is 24.4. The zero-order chi connectivity index (χ0) is 17.6. The minimum absolute atomic E-state index is 0.0177. The molecule has 1 atom stereocenters. The summed E-state index contributed by atoms with van der Waals surface area (Å²) in [5, 5.41) is 5.17. The monoisotopic (exact) mass is 359 g/mol. The zero-order valence-corrected chi connectivity index (χ0v) is 15.6. The first-order chi connectivity index (χ1) is 12.1. The highest BCUT2D eigenvalue weighted by Crippen LogP contribution is 2.22. The van der Waals surface area contributed by atoms with Gasteiger partial charge >= 0.3 is 6.03 Å². The Kier molecular flexibility index (Phi) is 5.88. The lowest BCUT2D eigenvalue weighted by Crippen LogP contribution is -2.52. The highest BCUT2D eigenvalue weighted by molar-refractivity contribution is 7.10. The fourth-order valence-electron chi connectivity index (χ4n) is 2.99. The van der Waals surface area contributed by atoms with Gasteiger partial charge in [0.05, 0.1) is 6.04 Å². The summed E-state index contributed by atoms with van der Waals surface area (Å²) in [6, 6.07) is 10.3. The van der Waals surface area contributed by atoms with E-state index in [9.17, 15) is 4.79 Å². The molecule has 3 heterocycles. The molecule has 3 rings (SSSR count). The number of carbonyl (C=O) groups is 1. The number of piperazine rings is 1. The summed E-state index contributed by atoms with van der Waals surface area (Å²) in [6.07, 6.45) is 1.81. The third-order valence-corrected chi connectivity index (χ3v) is 5.46. The molecule has 1 aliphatic heterocycles. The second kappa shape index (κ2) is 8.31. The van der Waals surface area contributed by atoms with Crippen LogP contribution in [0.4, 0.5) is 10.6 Å². The summed E-state index contributed by atoms with van der Waals surface area (Å²) < 4.78 is 0.